The van der Waals surface area contributed by atoms with Gasteiger partial charge in [0.25, 0.3) is 0 Å². The second-order valence-corrected chi connectivity index (χ2v) is 3.72. The average Bonchev–Trinajstić information content (AvgIpc) is 2.28. The van der Waals surface area contributed by atoms with Gasteiger partial charge in [0.2, 0.25) is 0 Å². The highest BCUT2D eigenvalue weighted by Crippen LogP contribution is 2.21. The number of nitriles is 1. The summed E-state index contributed by atoms with van der Waals surface area (Å²) in [6.07, 6.45) is -2.25. The van der Waals surface area contributed by atoms with Crippen molar-refractivity contribution in [1.29, 1.82) is 5.26 Å². The molecule has 0 aliphatic heterocycles. The number of aliphatic hydroxyl groups excluding tert-OH is 3. The number of aliphatic hydroxyl groups is 3. The zero-order valence-corrected chi connectivity index (χ0v) is 9.09. The molecule has 0 bridgehead atoms. The Balaban J connectivity index is 2.89. The average molecular weight is 221 g/mol. The van der Waals surface area contributed by atoms with E-state index < -0.39 is 12.2 Å². The van der Waals surface area contributed by atoms with Crippen LogP contribution in [-0.4, -0.2) is 21.4 Å². The summed E-state index contributed by atoms with van der Waals surface area (Å²) in [5.41, 5.74) is 2.19. The second kappa shape index (κ2) is 5.61. The summed E-state index contributed by atoms with van der Waals surface area (Å²) in [4.78, 5) is 0. The van der Waals surface area contributed by atoms with Gasteiger partial charge in [0.15, 0.2) is 0 Å². The minimum absolute atomic E-state index is 0.0526. The van der Waals surface area contributed by atoms with Crippen molar-refractivity contribution in [3.05, 3.63) is 34.9 Å². The highest BCUT2D eigenvalue weighted by atomic mass is 16.3. The molecule has 0 fully saturated rings. The second-order valence-electron chi connectivity index (χ2n) is 3.72. The molecule has 0 radical (unpaired) electrons. The van der Waals surface area contributed by atoms with Crippen LogP contribution in [0.2, 0.25) is 0 Å². The lowest BCUT2D eigenvalue weighted by Crippen LogP contribution is -2.17. The SMILES string of the molecule is Cc1cc(C(O)C(O)CC#N)ccc1CO. The van der Waals surface area contributed by atoms with Crippen LogP contribution in [0.15, 0.2) is 18.2 Å². The minimum atomic E-state index is -1.08. The molecule has 0 aromatic heterocycles. The number of aryl methyl sites for hydroxylation is 1. The number of benzene rings is 1. The van der Waals surface area contributed by atoms with Crippen LogP contribution in [-0.2, 0) is 6.61 Å². The summed E-state index contributed by atoms with van der Waals surface area (Å²) in [5, 5.41) is 36.6. The molecule has 4 nitrogen and oxygen atoms in total. The molecule has 0 saturated carbocycles. The zero-order valence-electron chi connectivity index (χ0n) is 9.09. The van der Waals surface area contributed by atoms with E-state index in [0.29, 0.717) is 5.56 Å². The summed E-state index contributed by atoms with van der Waals surface area (Å²) in [5.74, 6) is 0. The largest absolute Gasteiger partial charge is 0.392 e. The van der Waals surface area contributed by atoms with Crippen molar-refractivity contribution in [3.8, 4) is 6.07 Å². The predicted octanol–water partition coefficient (Wildman–Crippen LogP) is 0.795. The molecule has 1 rings (SSSR count). The lowest BCUT2D eigenvalue weighted by atomic mass is 9.98. The first-order chi connectivity index (χ1) is 7.60. The topological polar surface area (TPSA) is 84.5 Å². The van der Waals surface area contributed by atoms with E-state index >= 15 is 0 Å². The lowest BCUT2D eigenvalue weighted by molar-refractivity contribution is 0.0216. The van der Waals surface area contributed by atoms with Crippen molar-refractivity contribution in [2.75, 3.05) is 0 Å². The van der Waals surface area contributed by atoms with Crippen LogP contribution >= 0.6 is 0 Å². The third-order valence-electron chi connectivity index (χ3n) is 2.54. The Hall–Kier alpha value is -1.41. The maximum atomic E-state index is 9.74. The zero-order chi connectivity index (χ0) is 12.1. The molecule has 3 N–H and O–H groups in total. The van der Waals surface area contributed by atoms with Gasteiger partial charge in [-0.05, 0) is 23.6 Å². The molecule has 0 spiro atoms. The Morgan fingerprint density at radius 3 is 2.56 bits per heavy atom. The third-order valence-corrected chi connectivity index (χ3v) is 2.54. The molecule has 0 aliphatic rings. The molecule has 0 saturated heterocycles. The highest BCUT2D eigenvalue weighted by Gasteiger charge is 2.18. The van der Waals surface area contributed by atoms with Gasteiger partial charge in [0, 0.05) is 0 Å². The Morgan fingerprint density at radius 1 is 1.38 bits per heavy atom. The van der Waals surface area contributed by atoms with Crippen molar-refractivity contribution in [1.82, 2.24) is 0 Å². The molecule has 0 amide bonds. The van der Waals surface area contributed by atoms with E-state index in [9.17, 15) is 10.2 Å². The maximum absolute atomic E-state index is 9.74. The van der Waals surface area contributed by atoms with Gasteiger partial charge in [0.05, 0.1) is 25.2 Å². The number of rotatable bonds is 4. The number of hydrogen-bond donors (Lipinski definition) is 3. The van der Waals surface area contributed by atoms with Crippen LogP contribution in [0.4, 0.5) is 0 Å². The van der Waals surface area contributed by atoms with Crippen LogP contribution in [0.1, 0.15) is 29.2 Å². The van der Waals surface area contributed by atoms with Crippen LogP contribution in [0.25, 0.3) is 0 Å². The smallest absolute Gasteiger partial charge is 0.106 e. The van der Waals surface area contributed by atoms with E-state index in [1.807, 2.05) is 6.92 Å². The summed E-state index contributed by atoms with van der Waals surface area (Å²) >= 11 is 0. The molecule has 1 aromatic rings. The standard InChI is InChI=1S/C12H15NO3/c1-8-6-9(2-3-10(8)7-14)12(16)11(15)4-5-13/h2-3,6,11-12,14-16H,4,7H2,1H3. The number of hydrogen-bond acceptors (Lipinski definition) is 4. The third kappa shape index (κ3) is 2.80. The fourth-order valence-electron chi connectivity index (χ4n) is 1.51. The molecule has 16 heavy (non-hydrogen) atoms. The van der Waals surface area contributed by atoms with Gasteiger partial charge in [-0.3, -0.25) is 0 Å². The minimum Gasteiger partial charge on any atom is -0.392 e. The van der Waals surface area contributed by atoms with E-state index in [2.05, 4.69) is 0 Å². The van der Waals surface area contributed by atoms with Crippen molar-refractivity contribution in [3.63, 3.8) is 0 Å². The van der Waals surface area contributed by atoms with Crippen LogP contribution in [0.5, 0.6) is 0 Å². The van der Waals surface area contributed by atoms with Gasteiger partial charge in [-0.1, -0.05) is 18.2 Å². The first-order valence-corrected chi connectivity index (χ1v) is 5.03. The Morgan fingerprint density at radius 2 is 2.06 bits per heavy atom. The first kappa shape index (κ1) is 12.7. The fourth-order valence-corrected chi connectivity index (χ4v) is 1.51. The monoisotopic (exact) mass is 221 g/mol. The molecular weight excluding hydrogens is 206 g/mol. The van der Waals surface area contributed by atoms with Crippen LogP contribution in [0.3, 0.4) is 0 Å². The van der Waals surface area contributed by atoms with Crippen molar-refractivity contribution >= 4 is 0 Å². The van der Waals surface area contributed by atoms with Crippen molar-refractivity contribution in [2.45, 2.75) is 32.2 Å². The Bertz CT molecular complexity index is 398. The summed E-state index contributed by atoms with van der Waals surface area (Å²) in [6.45, 7) is 1.77. The summed E-state index contributed by atoms with van der Waals surface area (Å²) < 4.78 is 0. The molecule has 2 unspecified atom stereocenters. The Labute approximate surface area is 94.4 Å². The normalized spacial score (nSPS) is 14.2. The summed E-state index contributed by atoms with van der Waals surface area (Å²) in [6, 6.07) is 6.85. The molecular formula is C12H15NO3. The van der Waals surface area contributed by atoms with Gasteiger partial charge in [0.1, 0.15) is 6.10 Å². The van der Waals surface area contributed by atoms with Gasteiger partial charge in [-0.25, -0.2) is 0 Å². The predicted molar refractivity (Wildman–Crippen MR) is 58.3 cm³/mol. The van der Waals surface area contributed by atoms with Gasteiger partial charge in [-0.15, -0.1) is 0 Å². The highest BCUT2D eigenvalue weighted by molar-refractivity contribution is 5.32. The molecule has 1 aromatic carbocycles. The van der Waals surface area contributed by atoms with Crippen molar-refractivity contribution in [2.24, 2.45) is 0 Å². The molecule has 2 atom stereocenters. The van der Waals surface area contributed by atoms with Crippen LogP contribution in [0, 0.1) is 18.3 Å². The van der Waals surface area contributed by atoms with Gasteiger partial charge < -0.3 is 15.3 Å². The summed E-state index contributed by atoms with van der Waals surface area (Å²) in [7, 11) is 0. The van der Waals surface area contributed by atoms with E-state index in [0.717, 1.165) is 11.1 Å². The quantitative estimate of drug-likeness (QED) is 0.702. The fraction of sp³-hybridized carbons (Fsp3) is 0.417. The molecule has 0 aliphatic carbocycles. The van der Waals surface area contributed by atoms with Crippen LogP contribution < -0.4 is 0 Å². The maximum Gasteiger partial charge on any atom is 0.106 e. The number of nitrogens with zero attached hydrogens (tertiary/aromatic N) is 1. The van der Waals surface area contributed by atoms with Crippen molar-refractivity contribution < 1.29 is 15.3 Å². The van der Waals surface area contributed by atoms with E-state index in [1.165, 1.54) is 0 Å². The van der Waals surface area contributed by atoms with E-state index in [1.54, 1.807) is 24.3 Å². The van der Waals surface area contributed by atoms with E-state index in [4.69, 9.17) is 10.4 Å². The lowest BCUT2D eigenvalue weighted by Gasteiger charge is -2.16. The Kier molecular flexibility index (Phi) is 4.44. The first-order valence-electron chi connectivity index (χ1n) is 5.03. The van der Waals surface area contributed by atoms with Gasteiger partial charge in [-0.2, -0.15) is 5.26 Å². The molecule has 86 valence electrons. The van der Waals surface area contributed by atoms with E-state index in [-0.39, 0.29) is 13.0 Å². The molecule has 0 heterocycles. The molecule has 4 heteroatoms. The van der Waals surface area contributed by atoms with Gasteiger partial charge >= 0.3 is 0 Å².